The molecular weight excluding hydrogens is 358 g/mol. The number of nitrogens with zero attached hydrogens (tertiary/aromatic N) is 1. The average molecular weight is 378 g/mol. The minimum absolute atomic E-state index is 0. The lowest BCUT2D eigenvalue weighted by molar-refractivity contribution is 0.122. The van der Waals surface area contributed by atoms with E-state index in [0.29, 0.717) is 13.2 Å². The second-order valence-electron chi connectivity index (χ2n) is 5.55. The topological polar surface area (TPSA) is 80.3 Å². The first-order valence-corrected chi connectivity index (χ1v) is 9.48. The Hall–Kier alpha value is -0.770. The lowest BCUT2D eigenvalue weighted by Crippen LogP contribution is -2.52. The van der Waals surface area contributed by atoms with Crippen LogP contribution < -0.4 is 10.0 Å². The lowest BCUT2D eigenvalue weighted by Gasteiger charge is -2.28. The summed E-state index contributed by atoms with van der Waals surface area (Å²) in [5.41, 5.74) is 2.22. The van der Waals surface area contributed by atoms with Crippen molar-refractivity contribution < 1.29 is 13.2 Å². The highest BCUT2D eigenvalue weighted by atomic mass is 35.5. The van der Waals surface area contributed by atoms with Crippen molar-refractivity contribution >= 4 is 44.0 Å². The van der Waals surface area contributed by atoms with Gasteiger partial charge in [0.1, 0.15) is 0 Å². The number of methoxy groups -OCH3 is 1. The van der Waals surface area contributed by atoms with Gasteiger partial charge in [-0.3, -0.25) is 0 Å². The van der Waals surface area contributed by atoms with Gasteiger partial charge in [0.25, 0.3) is 0 Å². The second kappa shape index (κ2) is 7.42. The molecule has 0 aliphatic carbocycles. The summed E-state index contributed by atoms with van der Waals surface area (Å²) in [7, 11) is -1.91. The van der Waals surface area contributed by atoms with E-state index in [1.807, 2.05) is 0 Å². The number of rotatable bonds is 6. The van der Waals surface area contributed by atoms with Crippen LogP contribution in [0.2, 0.25) is 0 Å². The fourth-order valence-corrected chi connectivity index (χ4v) is 4.73. The molecule has 2 N–H and O–H groups in total. The first kappa shape index (κ1) is 18.6. The van der Waals surface area contributed by atoms with E-state index < -0.39 is 10.0 Å². The average Bonchev–Trinajstić information content (AvgIpc) is 3.14. The number of fused-ring (bicyclic) bond motifs is 1. The van der Waals surface area contributed by atoms with Crippen molar-refractivity contribution in [2.24, 2.45) is 0 Å². The molecule has 23 heavy (non-hydrogen) atoms. The minimum Gasteiger partial charge on any atom is -0.383 e. The van der Waals surface area contributed by atoms with Gasteiger partial charge in [-0.15, -0.1) is 23.7 Å². The predicted octanol–water partition coefficient (Wildman–Crippen LogP) is 1.76. The zero-order chi connectivity index (χ0) is 15.6. The van der Waals surface area contributed by atoms with Gasteiger partial charge in [0, 0.05) is 13.7 Å². The Morgan fingerprint density at radius 3 is 3.00 bits per heavy atom. The first-order valence-electron chi connectivity index (χ1n) is 7.12. The van der Waals surface area contributed by atoms with Crippen LogP contribution >= 0.6 is 23.7 Å². The zero-order valence-electron chi connectivity index (χ0n) is 12.7. The Labute approximate surface area is 146 Å². The summed E-state index contributed by atoms with van der Waals surface area (Å²) in [5.74, 6) is 0. The third-order valence-electron chi connectivity index (χ3n) is 3.97. The summed E-state index contributed by atoms with van der Waals surface area (Å²) in [5, 5.41) is 3.36. The van der Waals surface area contributed by atoms with Gasteiger partial charge in [0.15, 0.2) is 0 Å². The zero-order valence-corrected chi connectivity index (χ0v) is 15.2. The van der Waals surface area contributed by atoms with Crippen molar-refractivity contribution in [3.8, 4) is 0 Å². The smallest absolute Gasteiger partial charge is 0.240 e. The third-order valence-corrected chi connectivity index (χ3v) is 6.16. The fourth-order valence-electron chi connectivity index (χ4n) is 2.79. The molecular formula is C14H20ClN3O3S2. The Kier molecular flexibility index (Phi) is 5.99. The number of sulfonamides is 1. The highest BCUT2D eigenvalue weighted by molar-refractivity contribution is 7.89. The lowest BCUT2D eigenvalue weighted by atomic mass is 9.99. The quantitative estimate of drug-likeness (QED) is 0.801. The van der Waals surface area contributed by atoms with E-state index in [9.17, 15) is 8.42 Å². The molecule has 0 saturated carbocycles. The summed E-state index contributed by atoms with van der Waals surface area (Å²) in [4.78, 5) is 4.44. The molecule has 1 atom stereocenters. The second-order valence-corrected chi connectivity index (χ2v) is 8.20. The molecule has 1 aliphatic heterocycles. The Bertz CT molecular complexity index is 757. The molecule has 1 unspecified atom stereocenters. The van der Waals surface area contributed by atoms with E-state index in [1.165, 1.54) is 11.3 Å². The first-order chi connectivity index (χ1) is 10.5. The molecule has 3 rings (SSSR count). The van der Waals surface area contributed by atoms with Crippen LogP contribution in [0.3, 0.4) is 0 Å². The molecule has 0 radical (unpaired) electrons. The van der Waals surface area contributed by atoms with Gasteiger partial charge in [0.05, 0.1) is 32.8 Å². The van der Waals surface area contributed by atoms with Crippen LogP contribution in [0.25, 0.3) is 10.2 Å². The normalized spacial score (nSPS) is 21.4. The van der Waals surface area contributed by atoms with Crippen molar-refractivity contribution in [3.63, 3.8) is 0 Å². The van der Waals surface area contributed by atoms with E-state index >= 15 is 0 Å². The number of benzene rings is 1. The number of hydrogen-bond acceptors (Lipinski definition) is 6. The van der Waals surface area contributed by atoms with Crippen LogP contribution in [0, 0.1) is 0 Å². The van der Waals surface area contributed by atoms with Crippen LogP contribution in [0.5, 0.6) is 0 Å². The Morgan fingerprint density at radius 1 is 1.48 bits per heavy atom. The molecule has 1 fully saturated rings. The minimum atomic E-state index is -3.54. The van der Waals surface area contributed by atoms with Crippen LogP contribution in [0.1, 0.15) is 12.8 Å². The standard InChI is InChI=1S/C14H19N3O3S2.ClH/c1-20-9-14(5-2-6-16-14)8-17-22(18,19)11-3-4-12-13(7-11)21-10-15-12;/h3-4,7,10,16-17H,2,5-6,8-9H2,1H3;1H. The van der Waals surface area contributed by atoms with E-state index in [1.54, 1.807) is 30.8 Å². The van der Waals surface area contributed by atoms with Crippen molar-refractivity contribution in [2.45, 2.75) is 23.3 Å². The van der Waals surface area contributed by atoms with Crippen molar-refractivity contribution in [1.29, 1.82) is 0 Å². The highest BCUT2D eigenvalue weighted by Crippen LogP contribution is 2.23. The van der Waals surface area contributed by atoms with Crippen LogP contribution in [0.15, 0.2) is 28.6 Å². The van der Waals surface area contributed by atoms with Crippen molar-refractivity contribution in [2.75, 3.05) is 26.8 Å². The van der Waals surface area contributed by atoms with Crippen molar-refractivity contribution in [3.05, 3.63) is 23.7 Å². The van der Waals surface area contributed by atoms with E-state index in [-0.39, 0.29) is 22.8 Å². The summed E-state index contributed by atoms with van der Waals surface area (Å²) in [6.45, 7) is 1.70. The molecule has 1 aromatic carbocycles. The van der Waals surface area contributed by atoms with Gasteiger partial charge < -0.3 is 10.1 Å². The monoisotopic (exact) mass is 377 g/mol. The number of nitrogens with one attached hydrogen (secondary N) is 2. The van der Waals surface area contributed by atoms with Crippen LogP contribution in [0.4, 0.5) is 0 Å². The number of ether oxygens (including phenoxy) is 1. The van der Waals surface area contributed by atoms with E-state index in [2.05, 4.69) is 15.0 Å². The molecule has 0 bridgehead atoms. The Balaban J connectivity index is 0.00000192. The van der Waals surface area contributed by atoms with Crippen LogP contribution in [-0.4, -0.2) is 45.7 Å². The number of halogens is 1. The SMILES string of the molecule is COCC1(CNS(=O)(=O)c2ccc3ncsc3c2)CCCN1.Cl. The van der Waals surface area contributed by atoms with Crippen molar-refractivity contribution in [1.82, 2.24) is 15.0 Å². The molecule has 1 saturated heterocycles. The number of thiazole rings is 1. The van der Waals surface area contributed by atoms with Gasteiger partial charge in [-0.1, -0.05) is 0 Å². The summed E-state index contributed by atoms with van der Waals surface area (Å²) in [6, 6.07) is 5.00. The molecule has 128 valence electrons. The highest BCUT2D eigenvalue weighted by Gasteiger charge is 2.34. The molecule has 9 heteroatoms. The molecule has 0 spiro atoms. The van der Waals surface area contributed by atoms with Gasteiger partial charge >= 0.3 is 0 Å². The number of hydrogen-bond donors (Lipinski definition) is 2. The maximum atomic E-state index is 12.5. The van der Waals surface area contributed by atoms with Gasteiger partial charge in [0.2, 0.25) is 10.0 Å². The Morgan fingerprint density at radius 2 is 2.30 bits per heavy atom. The summed E-state index contributed by atoms with van der Waals surface area (Å²) >= 11 is 1.43. The van der Waals surface area contributed by atoms with E-state index in [4.69, 9.17) is 4.74 Å². The van der Waals surface area contributed by atoms with E-state index in [0.717, 1.165) is 29.6 Å². The third kappa shape index (κ3) is 4.01. The van der Waals surface area contributed by atoms with Crippen LogP contribution in [-0.2, 0) is 14.8 Å². The molecule has 1 aliphatic rings. The van der Waals surface area contributed by atoms with Gasteiger partial charge in [-0.25, -0.2) is 18.1 Å². The molecule has 1 aromatic heterocycles. The molecule has 0 amide bonds. The summed E-state index contributed by atoms with van der Waals surface area (Å²) in [6.07, 6.45) is 1.93. The molecule has 2 aromatic rings. The maximum absolute atomic E-state index is 12.5. The predicted molar refractivity (Wildman–Crippen MR) is 93.9 cm³/mol. The van der Waals surface area contributed by atoms with Gasteiger partial charge in [-0.2, -0.15) is 0 Å². The largest absolute Gasteiger partial charge is 0.383 e. The van der Waals surface area contributed by atoms with Gasteiger partial charge in [-0.05, 0) is 37.6 Å². The molecule has 2 heterocycles. The number of aromatic nitrogens is 1. The summed E-state index contributed by atoms with van der Waals surface area (Å²) < 4.78 is 33.8. The fraction of sp³-hybridized carbons (Fsp3) is 0.500. The maximum Gasteiger partial charge on any atom is 0.240 e. The molecule has 6 nitrogen and oxygen atoms in total.